The lowest BCUT2D eigenvalue weighted by Crippen LogP contribution is -2.30. The predicted molar refractivity (Wildman–Crippen MR) is 126 cm³/mol. The van der Waals surface area contributed by atoms with E-state index >= 15 is 0 Å². The summed E-state index contributed by atoms with van der Waals surface area (Å²) in [5, 5.41) is 6.43. The molecule has 0 spiro atoms. The van der Waals surface area contributed by atoms with Crippen LogP contribution in [0.3, 0.4) is 0 Å². The van der Waals surface area contributed by atoms with E-state index in [1.54, 1.807) is 6.07 Å². The Balaban J connectivity index is 1.66. The third-order valence-electron chi connectivity index (χ3n) is 5.90. The smallest absolute Gasteiger partial charge is 0.255 e. The number of anilines is 2. The molecule has 1 aliphatic heterocycles. The van der Waals surface area contributed by atoms with Crippen LogP contribution in [-0.4, -0.2) is 15.5 Å². The molecule has 5 rings (SSSR count). The van der Waals surface area contributed by atoms with Crippen molar-refractivity contribution in [2.45, 2.75) is 26.8 Å². The Hall–Kier alpha value is -3.93. The zero-order valence-corrected chi connectivity index (χ0v) is 18.1. The molecule has 6 heteroatoms. The third kappa shape index (κ3) is 3.34. The van der Waals surface area contributed by atoms with Gasteiger partial charge in [-0.15, -0.1) is 0 Å². The fourth-order valence-corrected chi connectivity index (χ4v) is 4.37. The summed E-state index contributed by atoms with van der Waals surface area (Å²) in [6, 6.07) is 19.5. The highest BCUT2D eigenvalue weighted by Crippen LogP contribution is 2.39. The predicted octanol–water partition coefficient (Wildman–Crippen LogP) is 5.83. The first-order valence-corrected chi connectivity index (χ1v) is 10.5. The van der Waals surface area contributed by atoms with Crippen LogP contribution in [0.15, 0.2) is 72.3 Å². The number of fused-ring (bicyclic) bond motifs is 3. The van der Waals surface area contributed by atoms with Gasteiger partial charge in [0.05, 0.1) is 22.6 Å². The van der Waals surface area contributed by atoms with E-state index in [4.69, 9.17) is 4.98 Å². The van der Waals surface area contributed by atoms with Gasteiger partial charge in [0.15, 0.2) is 0 Å². The van der Waals surface area contributed by atoms with E-state index in [0.29, 0.717) is 17.1 Å². The van der Waals surface area contributed by atoms with Gasteiger partial charge in [-0.2, -0.15) is 0 Å². The first kappa shape index (κ1) is 20.0. The summed E-state index contributed by atoms with van der Waals surface area (Å²) in [6.07, 6.45) is 0. The number of hydrogen-bond donors (Lipinski definition) is 2. The molecular formula is C26H23FN4O. The summed E-state index contributed by atoms with van der Waals surface area (Å²) in [4.78, 5) is 18.3. The number of allylic oxidation sites excluding steroid dienone is 1. The number of halogens is 1. The number of para-hydroxylation sites is 2. The third-order valence-corrected chi connectivity index (χ3v) is 5.90. The van der Waals surface area contributed by atoms with Crippen LogP contribution < -0.4 is 10.6 Å². The maximum Gasteiger partial charge on any atom is 0.255 e. The summed E-state index contributed by atoms with van der Waals surface area (Å²) >= 11 is 0. The topological polar surface area (TPSA) is 59.0 Å². The lowest BCUT2D eigenvalue weighted by atomic mass is 9.94. The van der Waals surface area contributed by atoms with Gasteiger partial charge in [0.2, 0.25) is 5.95 Å². The molecule has 0 bridgehead atoms. The van der Waals surface area contributed by atoms with E-state index in [1.165, 1.54) is 12.1 Å². The van der Waals surface area contributed by atoms with Gasteiger partial charge in [0.1, 0.15) is 5.82 Å². The van der Waals surface area contributed by atoms with Gasteiger partial charge in [-0.25, -0.2) is 9.37 Å². The second kappa shape index (κ2) is 7.64. The number of aromatic nitrogens is 2. The summed E-state index contributed by atoms with van der Waals surface area (Å²) in [5.41, 5.74) is 6.52. The molecule has 0 fully saturated rings. The van der Waals surface area contributed by atoms with Crippen LogP contribution in [0.4, 0.5) is 16.0 Å². The number of imidazole rings is 1. The molecule has 1 amide bonds. The summed E-state index contributed by atoms with van der Waals surface area (Å²) in [5.74, 6) is 0.0378. The minimum absolute atomic E-state index is 0.236. The number of nitrogens with one attached hydrogen (secondary N) is 2. The Morgan fingerprint density at radius 1 is 1.03 bits per heavy atom. The van der Waals surface area contributed by atoms with Gasteiger partial charge in [-0.05, 0) is 62.2 Å². The molecule has 0 saturated carbocycles. The minimum atomic E-state index is -0.541. The van der Waals surface area contributed by atoms with Crippen molar-refractivity contribution in [3.63, 3.8) is 0 Å². The molecule has 1 atom stereocenters. The van der Waals surface area contributed by atoms with E-state index in [0.717, 1.165) is 33.5 Å². The number of hydrogen-bond acceptors (Lipinski definition) is 3. The number of aryl methyl sites for hydroxylation is 2. The SMILES string of the molecule is CC1=C(C(=O)Nc2ccc(C)cc2C)[C@@H](c2cccc(F)c2)Nc2nc3ccccc3n21. The molecule has 2 heterocycles. The summed E-state index contributed by atoms with van der Waals surface area (Å²) in [7, 11) is 0. The van der Waals surface area contributed by atoms with Crippen LogP contribution in [0.5, 0.6) is 0 Å². The maximum atomic E-state index is 14.1. The molecule has 160 valence electrons. The second-order valence-corrected chi connectivity index (χ2v) is 8.16. The van der Waals surface area contributed by atoms with Crippen molar-refractivity contribution in [3.8, 4) is 0 Å². The Bertz CT molecular complexity index is 1400. The highest BCUT2D eigenvalue weighted by atomic mass is 19.1. The number of rotatable bonds is 3. The molecule has 1 aromatic heterocycles. The highest BCUT2D eigenvalue weighted by molar-refractivity contribution is 6.10. The monoisotopic (exact) mass is 426 g/mol. The van der Waals surface area contributed by atoms with Gasteiger partial charge < -0.3 is 10.6 Å². The average Bonchev–Trinajstić information content (AvgIpc) is 3.14. The number of benzene rings is 3. The molecule has 2 N–H and O–H groups in total. The van der Waals surface area contributed by atoms with Gasteiger partial charge in [0.25, 0.3) is 5.91 Å². The molecule has 0 aliphatic carbocycles. The average molecular weight is 426 g/mol. The maximum absolute atomic E-state index is 14.1. The Morgan fingerprint density at radius 3 is 2.62 bits per heavy atom. The fraction of sp³-hybridized carbons (Fsp3) is 0.154. The summed E-state index contributed by atoms with van der Waals surface area (Å²) in [6.45, 7) is 5.89. The summed E-state index contributed by atoms with van der Waals surface area (Å²) < 4.78 is 16.0. The van der Waals surface area contributed by atoms with E-state index < -0.39 is 6.04 Å². The second-order valence-electron chi connectivity index (χ2n) is 8.16. The first-order valence-electron chi connectivity index (χ1n) is 10.5. The van der Waals surface area contributed by atoms with Crippen molar-refractivity contribution < 1.29 is 9.18 Å². The Kier molecular flexibility index (Phi) is 4.78. The van der Waals surface area contributed by atoms with Gasteiger partial charge in [-0.3, -0.25) is 9.36 Å². The molecule has 0 unspecified atom stereocenters. The van der Waals surface area contributed by atoms with E-state index in [1.807, 2.05) is 73.9 Å². The number of carbonyl (C=O) groups is 1. The standard InChI is InChI=1S/C26H23FN4O/c1-15-11-12-20(16(2)13-15)28-25(32)23-17(3)31-22-10-5-4-9-21(22)29-26(31)30-24(23)18-7-6-8-19(27)14-18/h4-14,24H,1-3H3,(H,28,32)(H,29,30)/t24-/m1/s1. The molecule has 0 radical (unpaired) electrons. The number of carbonyl (C=O) groups excluding carboxylic acids is 1. The lowest BCUT2D eigenvalue weighted by Gasteiger charge is -2.30. The zero-order chi connectivity index (χ0) is 22.4. The molecule has 1 aliphatic rings. The van der Waals surface area contributed by atoms with Gasteiger partial charge in [-0.1, -0.05) is 42.0 Å². The van der Waals surface area contributed by atoms with Crippen LogP contribution in [0.2, 0.25) is 0 Å². The number of nitrogens with zero attached hydrogens (tertiary/aromatic N) is 2. The zero-order valence-electron chi connectivity index (χ0n) is 18.1. The van der Waals surface area contributed by atoms with Crippen molar-refractivity contribution in [1.82, 2.24) is 9.55 Å². The van der Waals surface area contributed by atoms with Crippen LogP contribution in [0.25, 0.3) is 16.7 Å². The molecule has 0 saturated heterocycles. The van der Waals surface area contributed by atoms with Crippen LogP contribution in [0.1, 0.15) is 29.7 Å². The van der Waals surface area contributed by atoms with Crippen LogP contribution in [-0.2, 0) is 4.79 Å². The molecule has 5 nitrogen and oxygen atoms in total. The molecule has 4 aromatic rings. The largest absolute Gasteiger partial charge is 0.344 e. The van der Waals surface area contributed by atoms with Crippen molar-refractivity contribution >= 4 is 34.3 Å². The van der Waals surface area contributed by atoms with Crippen LogP contribution >= 0.6 is 0 Å². The van der Waals surface area contributed by atoms with Crippen LogP contribution in [0, 0.1) is 19.7 Å². The Morgan fingerprint density at radius 2 is 1.84 bits per heavy atom. The molecule has 32 heavy (non-hydrogen) atoms. The van der Waals surface area contributed by atoms with Crippen molar-refractivity contribution in [1.29, 1.82) is 0 Å². The minimum Gasteiger partial charge on any atom is -0.344 e. The fourth-order valence-electron chi connectivity index (χ4n) is 4.37. The van der Waals surface area contributed by atoms with E-state index in [2.05, 4.69) is 10.6 Å². The van der Waals surface area contributed by atoms with Crippen molar-refractivity contribution in [2.75, 3.05) is 10.6 Å². The number of amides is 1. The molecule has 3 aromatic carbocycles. The Labute approximate surface area is 185 Å². The van der Waals surface area contributed by atoms with E-state index in [9.17, 15) is 9.18 Å². The van der Waals surface area contributed by atoms with Gasteiger partial charge in [0, 0.05) is 11.4 Å². The first-order chi connectivity index (χ1) is 15.4. The van der Waals surface area contributed by atoms with Crippen molar-refractivity contribution in [2.24, 2.45) is 0 Å². The highest BCUT2D eigenvalue weighted by Gasteiger charge is 2.33. The molecular weight excluding hydrogens is 403 g/mol. The van der Waals surface area contributed by atoms with E-state index in [-0.39, 0.29) is 11.7 Å². The van der Waals surface area contributed by atoms with Crippen molar-refractivity contribution in [3.05, 3.63) is 94.8 Å². The quantitative estimate of drug-likeness (QED) is 0.433. The lowest BCUT2D eigenvalue weighted by molar-refractivity contribution is -0.113. The normalized spacial score (nSPS) is 15.4. The van der Waals surface area contributed by atoms with Gasteiger partial charge >= 0.3 is 0 Å².